The standard InChI is InChI=1S/C20H30O3/c1-19-8-6-13(21)10-12(19)11-16(23-3)18-14-4-5-17(22)20(14,2)9-7-15(18)19/h6,8,10,12,14-18,21-22H,4-5,7,9,11H2,1-3H3/t12-,14-,15-,16-,17-,18-,19-,20-/m0/s1. The summed E-state index contributed by atoms with van der Waals surface area (Å²) in [6, 6.07) is 0. The van der Waals surface area contributed by atoms with Crippen LogP contribution in [0.1, 0.15) is 46.0 Å². The lowest BCUT2D eigenvalue weighted by molar-refractivity contribution is -0.147. The van der Waals surface area contributed by atoms with Crippen molar-refractivity contribution in [1.29, 1.82) is 0 Å². The Morgan fingerprint density at radius 1 is 1.17 bits per heavy atom. The van der Waals surface area contributed by atoms with E-state index in [9.17, 15) is 10.2 Å². The van der Waals surface area contributed by atoms with Gasteiger partial charge in [-0.2, -0.15) is 0 Å². The SMILES string of the molecule is CO[C@H]1C[C@@H]2C=C(O)C=C[C@]2(C)[C@H]2CC[C@]3(C)[C@@H](O)CC[C@H]3[C@H]12. The zero-order chi connectivity index (χ0) is 16.4. The second kappa shape index (κ2) is 5.10. The molecular formula is C20H30O3. The van der Waals surface area contributed by atoms with Crippen LogP contribution in [0.4, 0.5) is 0 Å². The van der Waals surface area contributed by atoms with Crippen LogP contribution in [-0.2, 0) is 4.74 Å². The van der Waals surface area contributed by atoms with E-state index in [1.807, 2.05) is 19.3 Å². The molecule has 2 N–H and O–H groups in total. The first-order valence-electron chi connectivity index (χ1n) is 9.21. The molecule has 0 aromatic rings. The molecular weight excluding hydrogens is 288 g/mol. The predicted octanol–water partition coefficient (Wildman–Crippen LogP) is 3.84. The molecule has 3 heteroatoms. The van der Waals surface area contributed by atoms with E-state index in [4.69, 9.17) is 4.74 Å². The number of rotatable bonds is 1. The Morgan fingerprint density at radius 2 is 1.96 bits per heavy atom. The summed E-state index contributed by atoms with van der Waals surface area (Å²) in [6.45, 7) is 4.67. The Kier molecular flexibility index (Phi) is 3.48. The van der Waals surface area contributed by atoms with Gasteiger partial charge < -0.3 is 14.9 Å². The van der Waals surface area contributed by atoms with Crippen LogP contribution in [-0.4, -0.2) is 29.5 Å². The van der Waals surface area contributed by atoms with Gasteiger partial charge >= 0.3 is 0 Å². The minimum Gasteiger partial charge on any atom is -0.508 e. The Morgan fingerprint density at radius 3 is 2.70 bits per heavy atom. The quantitative estimate of drug-likeness (QED) is 0.772. The van der Waals surface area contributed by atoms with Crippen molar-refractivity contribution in [2.24, 2.45) is 34.5 Å². The van der Waals surface area contributed by atoms with Crippen molar-refractivity contribution in [3.8, 4) is 0 Å². The van der Waals surface area contributed by atoms with Gasteiger partial charge in [-0.05, 0) is 78.8 Å². The third-order valence-electron chi connectivity index (χ3n) is 8.08. The molecule has 0 aromatic carbocycles. The summed E-state index contributed by atoms with van der Waals surface area (Å²) >= 11 is 0. The van der Waals surface area contributed by atoms with Crippen molar-refractivity contribution in [1.82, 2.24) is 0 Å². The van der Waals surface area contributed by atoms with Crippen molar-refractivity contribution in [2.45, 2.75) is 58.2 Å². The van der Waals surface area contributed by atoms with Gasteiger partial charge in [0.2, 0.25) is 0 Å². The summed E-state index contributed by atoms with van der Waals surface area (Å²) in [6.07, 6.45) is 11.6. The van der Waals surface area contributed by atoms with Crippen LogP contribution in [0.2, 0.25) is 0 Å². The van der Waals surface area contributed by atoms with E-state index in [0.717, 1.165) is 32.1 Å². The molecule has 3 fully saturated rings. The number of hydrogen-bond donors (Lipinski definition) is 2. The van der Waals surface area contributed by atoms with Crippen molar-refractivity contribution in [3.63, 3.8) is 0 Å². The molecule has 4 aliphatic carbocycles. The summed E-state index contributed by atoms with van der Waals surface area (Å²) in [5.74, 6) is 2.42. The van der Waals surface area contributed by atoms with E-state index in [2.05, 4.69) is 19.9 Å². The number of ether oxygens (including phenoxy) is 1. The Labute approximate surface area is 139 Å². The highest BCUT2D eigenvalue weighted by atomic mass is 16.5. The highest BCUT2D eigenvalue weighted by Crippen LogP contribution is 2.65. The first-order valence-corrected chi connectivity index (χ1v) is 9.21. The molecule has 0 heterocycles. The van der Waals surface area contributed by atoms with Crippen LogP contribution in [0.25, 0.3) is 0 Å². The molecule has 0 spiro atoms. The minimum absolute atomic E-state index is 0.0670. The summed E-state index contributed by atoms with van der Waals surface area (Å²) in [5.41, 5.74) is 0.179. The fourth-order valence-electron chi connectivity index (χ4n) is 6.62. The van der Waals surface area contributed by atoms with Gasteiger partial charge in [0.15, 0.2) is 0 Å². The van der Waals surface area contributed by atoms with Crippen LogP contribution < -0.4 is 0 Å². The highest BCUT2D eigenvalue weighted by molar-refractivity contribution is 5.28. The van der Waals surface area contributed by atoms with E-state index in [0.29, 0.717) is 29.4 Å². The molecule has 23 heavy (non-hydrogen) atoms. The smallest absolute Gasteiger partial charge is 0.111 e. The van der Waals surface area contributed by atoms with Crippen molar-refractivity contribution >= 4 is 0 Å². The van der Waals surface area contributed by atoms with Gasteiger partial charge in [-0.15, -0.1) is 0 Å². The van der Waals surface area contributed by atoms with E-state index in [1.54, 1.807) is 0 Å². The third-order valence-corrected chi connectivity index (χ3v) is 8.08. The fraction of sp³-hybridized carbons (Fsp3) is 0.800. The first-order chi connectivity index (χ1) is 10.9. The largest absolute Gasteiger partial charge is 0.508 e. The topological polar surface area (TPSA) is 49.7 Å². The first kappa shape index (κ1) is 15.7. The minimum atomic E-state index is -0.151. The number of aliphatic hydroxyl groups is 2. The second-order valence-electron chi connectivity index (χ2n) is 8.84. The van der Waals surface area contributed by atoms with Crippen LogP contribution in [0, 0.1) is 34.5 Å². The average molecular weight is 318 g/mol. The number of allylic oxidation sites excluding steroid dienone is 3. The van der Waals surface area contributed by atoms with Gasteiger partial charge in [0.05, 0.1) is 12.2 Å². The molecule has 8 atom stereocenters. The summed E-state index contributed by atoms with van der Waals surface area (Å²) in [5, 5.41) is 20.5. The number of hydrogen-bond acceptors (Lipinski definition) is 3. The van der Waals surface area contributed by atoms with Gasteiger partial charge in [0, 0.05) is 7.11 Å². The van der Waals surface area contributed by atoms with Gasteiger partial charge in [0.1, 0.15) is 5.76 Å². The molecule has 128 valence electrons. The fourth-order valence-corrected chi connectivity index (χ4v) is 6.62. The molecule has 3 nitrogen and oxygen atoms in total. The van der Waals surface area contributed by atoms with Crippen molar-refractivity contribution in [2.75, 3.05) is 7.11 Å². The van der Waals surface area contributed by atoms with Gasteiger partial charge in [0.25, 0.3) is 0 Å². The average Bonchev–Trinajstić information content (AvgIpc) is 2.83. The monoisotopic (exact) mass is 318 g/mol. The molecule has 0 amide bonds. The Bertz CT molecular complexity index is 553. The normalized spacial score (nSPS) is 54.9. The molecule has 0 saturated heterocycles. The molecule has 4 aliphatic rings. The summed E-state index contributed by atoms with van der Waals surface area (Å²) in [4.78, 5) is 0. The van der Waals surface area contributed by atoms with Crippen molar-refractivity contribution < 1.29 is 14.9 Å². The number of fused-ring (bicyclic) bond motifs is 5. The van der Waals surface area contributed by atoms with E-state index in [1.165, 1.54) is 0 Å². The molecule has 4 rings (SSSR count). The number of methoxy groups -OCH3 is 1. The Hall–Kier alpha value is -0.800. The van der Waals surface area contributed by atoms with Crippen LogP contribution in [0.3, 0.4) is 0 Å². The second-order valence-corrected chi connectivity index (χ2v) is 8.84. The zero-order valence-electron chi connectivity index (χ0n) is 14.5. The Balaban J connectivity index is 1.74. The van der Waals surface area contributed by atoms with Crippen LogP contribution >= 0.6 is 0 Å². The molecule has 3 saturated carbocycles. The molecule has 0 unspecified atom stereocenters. The molecule has 0 bridgehead atoms. The maximum atomic E-state index is 10.6. The van der Waals surface area contributed by atoms with Crippen LogP contribution in [0.5, 0.6) is 0 Å². The van der Waals surface area contributed by atoms with Gasteiger partial charge in [-0.1, -0.05) is 19.9 Å². The van der Waals surface area contributed by atoms with Gasteiger partial charge in [-0.3, -0.25) is 0 Å². The lowest BCUT2D eigenvalue weighted by Gasteiger charge is -2.60. The van der Waals surface area contributed by atoms with Crippen LogP contribution in [0.15, 0.2) is 24.0 Å². The summed E-state index contributed by atoms with van der Waals surface area (Å²) in [7, 11) is 1.84. The van der Waals surface area contributed by atoms with E-state index in [-0.39, 0.29) is 23.0 Å². The molecule has 0 radical (unpaired) electrons. The molecule has 0 aromatic heterocycles. The molecule has 0 aliphatic heterocycles. The maximum Gasteiger partial charge on any atom is 0.111 e. The maximum absolute atomic E-state index is 10.6. The lowest BCUT2D eigenvalue weighted by Crippen LogP contribution is -2.57. The third kappa shape index (κ3) is 2.02. The lowest BCUT2D eigenvalue weighted by atomic mass is 9.46. The zero-order valence-corrected chi connectivity index (χ0v) is 14.5. The summed E-state index contributed by atoms with van der Waals surface area (Å²) < 4.78 is 5.96. The predicted molar refractivity (Wildman–Crippen MR) is 89.9 cm³/mol. The number of aliphatic hydroxyl groups excluding tert-OH is 2. The van der Waals surface area contributed by atoms with E-state index < -0.39 is 0 Å². The van der Waals surface area contributed by atoms with E-state index >= 15 is 0 Å². The highest BCUT2D eigenvalue weighted by Gasteiger charge is 2.61. The van der Waals surface area contributed by atoms with Crippen molar-refractivity contribution in [3.05, 3.63) is 24.0 Å². The van der Waals surface area contributed by atoms with Gasteiger partial charge in [-0.25, -0.2) is 0 Å².